The van der Waals surface area contributed by atoms with Gasteiger partial charge in [0.1, 0.15) is 21.6 Å². The summed E-state index contributed by atoms with van der Waals surface area (Å²) >= 11 is 2.06. The summed E-state index contributed by atoms with van der Waals surface area (Å²) in [6, 6.07) is 7.49. The number of aromatic amines is 1. The van der Waals surface area contributed by atoms with Gasteiger partial charge in [-0.25, -0.2) is 9.97 Å². The Morgan fingerprint density at radius 2 is 2.03 bits per heavy atom. The van der Waals surface area contributed by atoms with Crippen molar-refractivity contribution in [3.63, 3.8) is 0 Å². The van der Waals surface area contributed by atoms with E-state index >= 15 is 0 Å². The van der Waals surface area contributed by atoms with E-state index in [1.165, 1.54) is 0 Å². The van der Waals surface area contributed by atoms with Crippen molar-refractivity contribution < 1.29 is 14.6 Å². The number of hydrogen-bond acceptors (Lipinski definition) is 8. The number of nitrogens with one attached hydrogen (secondary N) is 1. The molecule has 1 saturated heterocycles. The molecular formula is C21H19IN6O3. The van der Waals surface area contributed by atoms with E-state index in [0.717, 1.165) is 46.6 Å². The minimum absolute atomic E-state index is 0.00472. The standard InChI is InChI=1S/C21H19IN6O3/c22-12-31-21-17(29)9-13(11-24-21)15-10-18(28-5-7-30-8-6-28)26-19-14(15)1-3-23-20(19)16-2-4-25-27-16/h1-4,9-11,29H,5-8,12H2,(H,25,27). The van der Waals surface area contributed by atoms with Crippen molar-refractivity contribution >= 4 is 39.3 Å². The molecule has 0 aliphatic carbocycles. The molecule has 158 valence electrons. The molecule has 5 rings (SSSR count). The minimum atomic E-state index is -0.00472. The molecule has 0 amide bonds. The molecule has 31 heavy (non-hydrogen) atoms. The van der Waals surface area contributed by atoms with Gasteiger partial charge in [-0.15, -0.1) is 0 Å². The highest BCUT2D eigenvalue weighted by Gasteiger charge is 2.19. The van der Waals surface area contributed by atoms with Crippen molar-refractivity contribution in [2.45, 2.75) is 0 Å². The monoisotopic (exact) mass is 530 g/mol. The molecule has 4 aromatic rings. The predicted molar refractivity (Wildman–Crippen MR) is 125 cm³/mol. The van der Waals surface area contributed by atoms with E-state index in [1.807, 2.05) is 18.2 Å². The fourth-order valence-electron chi connectivity index (χ4n) is 3.67. The molecule has 1 fully saturated rings. The lowest BCUT2D eigenvalue weighted by Crippen LogP contribution is -2.36. The molecule has 9 nitrogen and oxygen atoms in total. The molecule has 5 heterocycles. The van der Waals surface area contributed by atoms with Gasteiger partial charge in [0, 0.05) is 42.6 Å². The van der Waals surface area contributed by atoms with E-state index < -0.39 is 0 Å². The Balaban J connectivity index is 1.73. The summed E-state index contributed by atoms with van der Waals surface area (Å²) in [5.41, 5.74) is 3.92. The Morgan fingerprint density at radius 1 is 1.16 bits per heavy atom. The summed E-state index contributed by atoms with van der Waals surface area (Å²) in [5.74, 6) is 1.03. The van der Waals surface area contributed by atoms with E-state index in [9.17, 15) is 5.11 Å². The van der Waals surface area contributed by atoms with Crippen LogP contribution in [0, 0.1) is 0 Å². The zero-order chi connectivity index (χ0) is 21.2. The smallest absolute Gasteiger partial charge is 0.257 e. The number of pyridine rings is 3. The summed E-state index contributed by atoms with van der Waals surface area (Å²) in [7, 11) is 0. The molecule has 0 bridgehead atoms. The van der Waals surface area contributed by atoms with Crippen LogP contribution in [0.25, 0.3) is 33.4 Å². The molecule has 0 atom stereocenters. The Kier molecular flexibility index (Phi) is 5.55. The third kappa shape index (κ3) is 3.88. The van der Waals surface area contributed by atoms with Gasteiger partial charge < -0.3 is 19.5 Å². The van der Waals surface area contributed by atoms with Crippen LogP contribution >= 0.6 is 22.6 Å². The molecular weight excluding hydrogens is 511 g/mol. The number of nitrogens with zero attached hydrogens (tertiary/aromatic N) is 5. The molecule has 2 N–H and O–H groups in total. The fraction of sp³-hybridized carbons (Fsp3) is 0.238. The van der Waals surface area contributed by atoms with Gasteiger partial charge in [-0.2, -0.15) is 5.10 Å². The van der Waals surface area contributed by atoms with E-state index in [2.05, 4.69) is 47.7 Å². The molecule has 0 aromatic carbocycles. The number of fused-ring (bicyclic) bond motifs is 1. The lowest BCUT2D eigenvalue weighted by molar-refractivity contribution is 0.122. The fourth-order valence-corrected chi connectivity index (χ4v) is 3.96. The first-order valence-corrected chi connectivity index (χ1v) is 11.3. The minimum Gasteiger partial charge on any atom is -0.503 e. The van der Waals surface area contributed by atoms with Gasteiger partial charge in [0.05, 0.1) is 18.9 Å². The number of H-pyrrole nitrogens is 1. The first-order chi connectivity index (χ1) is 15.2. The van der Waals surface area contributed by atoms with Gasteiger partial charge in [-0.05, 0) is 52.4 Å². The molecule has 0 unspecified atom stereocenters. The van der Waals surface area contributed by atoms with Crippen molar-refractivity contribution in [1.29, 1.82) is 0 Å². The Hall–Kier alpha value is -2.99. The zero-order valence-corrected chi connectivity index (χ0v) is 18.6. The van der Waals surface area contributed by atoms with Gasteiger partial charge in [-0.3, -0.25) is 10.1 Å². The Labute approximate surface area is 191 Å². The SMILES string of the molecule is Oc1cc(-c2cc(N3CCOCC3)nc3c(-c4ccn[nH]4)nccc23)cnc1OCI. The van der Waals surface area contributed by atoms with E-state index in [-0.39, 0.29) is 11.6 Å². The third-order valence-electron chi connectivity index (χ3n) is 5.14. The number of aromatic nitrogens is 5. The first-order valence-electron chi connectivity index (χ1n) is 9.75. The van der Waals surface area contributed by atoms with Crippen LogP contribution in [0.15, 0.2) is 42.9 Å². The van der Waals surface area contributed by atoms with Crippen LogP contribution in [0.1, 0.15) is 0 Å². The topological polar surface area (TPSA) is 109 Å². The number of anilines is 1. The van der Waals surface area contributed by atoms with E-state index in [0.29, 0.717) is 23.5 Å². The van der Waals surface area contributed by atoms with Crippen molar-refractivity contribution in [2.75, 3.05) is 35.8 Å². The average molecular weight is 530 g/mol. The van der Waals surface area contributed by atoms with Crippen molar-refractivity contribution in [1.82, 2.24) is 25.1 Å². The van der Waals surface area contributed by atoms with Gasteiger partial charge in [0.2, 0.25) is 0 Å². The maximum Gasteiger partial charge on any atom is 0.257 e. The second-order valence-electron chi connectivity index (χ2n) is 6.96. The number of morpholine rings is 1. The van der Waals surface area contributed by atoms with E-state index in [4.69, 9.17) is 14.5 Å². The predicted octanol–water partition coefficient (Wildman–Crippen LogP) is 3.40. The normalized spacial score (nSPS) is 14.2. The summed E-state index contributed by atoms with van der Waals surface area (Å²) in [5, 5.41) is 18.4. The van der Waals surface area contributed by atoms with Crippen LogP contribution in [0.3, 0.4) is 0 Å². The highest BCUT2D eigenvalue weighted by atomic mass is 127. The maximum absolute atomic E-state index is 10.4. The second kappa shape index (κ2) is 8.63. The molecule has 1 aliphatic heterocycles. The third-order valence-corrected chi connectivity index (χ3v) is 5.45. The maximum atomic E-state index is 10.4. The lowest BCUT2D eigenvalue weighted by atomic mass is 10.0. The molecule has 1 aliphatic rings. The number of rotatable bonds is 5. The van der Waals surface area contributed by atoms with Crippen molar-refractivity contribution in [2.24, 2.45) is 0 Å². The zero-order valence-electron chi connectivity index (χ0n) is 16.5. The highest BCUT2D eigenvalue weighted by Crippen LogP contribution is 2.37. The molecule has 0 radical (unpaired) electrons. The van der Waals surface area contributed by atoms with Crippen LogP contribution in [0.4, 0.5) is 5.82 Å². The average Bonchev–Trinajstić information content (AvgIpc) is 3.35. The van der Waals surface area contributed by atoms with Gasteiger partial charge in [-0.1, -0.05) is 0 Å². The molecule has 4 aromatic heterocycles. The highest BCUT2D eigenvalue weighted by molar-refractivity contribution is 14.1. The quantitative estimate of drug-likeness (QED) is 0.299. The van der Waals surface area contributed by atoms with Gasteiger partial charge >= 0.3 is 0 Å². The molecule has 10 heteroatoms. The Morgan fingerprint density at radius 3 is 2.77 bits per heavy atom. The summed E-state index contributed by atoms with van der Waals surface area (Å²) in [6.07, 6.45) is 5.14. The number of hydrogen-bond donors (Lipinski definition) is 2. The van der Waals surface area contributed by atoms with Gasteiger partial charge in [0.25, 0.3) is 5.88 Å². The van der Waals surface area contributed by atoms with Crippen LogP contribution in [-0.2, 0) is 4.74 Å². The first kappa shape index (κ1) is 19.9. The van der Waals surface area contributed by atoms with Crippen molar-refractivity contribution in [3.8, 4) is 34.1 Å². The van der Waals surface area contributed by atoms with Crippen LogP contribution < -0.4 is 9.64 Å². The van der Waals surface area contributed by atoms with Crippen LogP contribution in [0.5, 0.6) is 11.6 Å². The second-order valence-corrected chi connectivity index (χ2v) is 7.58. The summed E-state index contributed by atoms with van der Waals surface area (Å²) in [4.78, 5) is 16.0. The number of ether oxygens (including phenoxy) is 2. The number of aromatic hydroxyl groups is 1. The van der Waals surface area contributed by atoms with Crippen molar-refractivity contribution in [3.05, 3.63) is 42.9 Å². The number of halogens is 1. The van der Waals surface area contributed by atoms with Crippen LogP contribution in [0.2, 0.25) is 0 Å². The van der Waals surface area contributed by atoms with Crippen LogP contribution in [-0.4, -0.2) is 61.2 Å². The molecule has 0 saturated carbocycles. The Bertz CT molecular complexity index is 1210. The lowest BCUT2D eigenvalue weighted by Gasteiger charge is -2.28. The number of alkyl halides is 1. The largest absolute Gasteiger partial charge is 0.503 e. The van der Waals surface area contributed by atoms with Gasteiger partial charge in [0.15, 0.2) is 5.75 Å². The summed E-state index contributed by atoms with van der Waals surface area (Å²) in [6.45, 7) is 2.81. The molecule has 0 spiro atoms. The van der Waals surface area contributed by atoms with E-state index in [1.54, 1.807) is 24.7 Å². The summed E-state index contributed by atoms with van der Waals surface area (Å²) < 4.78 is 11.3.